The Morgan fingerprint density at radius 2 is 2.21 bits per heavy atom. The molecule has 19 heavy (non-hydrogen) atoms. The summed E-state index contributed by atoms with van der Waals surface area (Å²) in [6.45, 7) is 0.696. The van der Waals surface area contributed by atoms with Crippen LogP contribution in [0.4, 0.5) is 0 Å². The van der Waals surface area contributed by atoms with Crippen molar-refractivity contribution in [3.63, 3.8) is 0 Å². The molecule has 0 unspecified atom stereocenters. The highest BCUT2D eigenvalue weighted by atomic mass is 35.5. The fraction of sp³-hybridized carbons (Fsp3) is 0.333. The van der Waals surface area contributed by atoms with Crippen LogP contribution >= 0.6 is 11.6 Å². The summed E-state index contributed by atoms with van der Waals surface area (Å²) in [6, 6.07) is 3.82. The summed E-state index contributed by atoms with van der Waals surface area (Å²) in [5.74, 6) is 2.07. The smallest absolute Gasteiger partial charge is 0.228 e. The topological polar surface area (TPSA) is 69.6 Å². The second-order valence-electron chi connectivity index (χ2n) is 4.05. The average molecular weight is 278 g/mol. The molecule has 0 saturated heterocycles. The van der Waals surface area contributed by atoms with Gasteiger partial charge in [0.25, 0.3) is 0 Å². The van der Waals surface area contributed by atoms with E-state index in [1.165, 1.54) is 6.33 Å². The number of aromatic nitrogens is 5. The van der Waals surface area contributed by atoms with Crippen molar-refractivity contribution in [2.24, 2.45) is 0 Å². The van der Waals surface area contributed by atoms with Crippen LogP contribution in [-0.2, 0) is 19.4 Å². The highest BCUT2D eigenvalue weighted by Gasteiger charge is 2.12. The van der Waals surface area contributed by atoms with E-state index < -0.39 is 0 Å². The molecule has 0 spiro atoms. The van der Waals surface area contributed by atoms with Crippen molar-refractivity contribution in [1.82, 2.24) is 24.7 Å². The summed E-state index contributed by atoms with van der Waals surface area (Å²) in [4.78, 5) is 12.9. The lowest BCUT2D eigenvalue weighted by Crippen LogP contribution is -2.07. The zero-order chi connectivity index (χ0) is 13.1. The number of alkyl halides is 1. The summed E-state index contributed by atoms with van der Waals surface area (Å²) in [7, 11) is 0. The van der Waals surface area contributed by atoms with E-state index in [1.54, 1.807) is 6.20 Å². The van der Waals surface area contributed by atoms with Gasteiger partial charge in [-0.15, -0.1) is 11.6 Å². The van der Waals surface area contributed by atoms with Crippen molar-refractivity contribution in [2.75, 3.05) is 5.88 Å². The van der Waals surface area contributed by atoms with Gasteiger partial charge in [0.15, 0.2) is 12.0 Å². The minimum atomic E-state index is 0.532. The molecular weight excluding hydrogens is 266 g/mol. The van der Waals surface area contributed by atoms with Crippen molar-refractivity contribution < 1.29 is 4.52 Å². The Morgan fingerprint density at radius 3 is 3.00 bits per heavy atom. The lowest BCUT2D eigenvalue weighted by atomic mass is 10.4. The van der Waals surface area contributed by atoms with E-state index in [9.17, 15) is 0 Å². The molecule has 0 aliphatic heterocycles. The van der Waals surface area contributed by atoms with Gasteiger partial charge in [-0.2, -0.15) is 4.98 Å². The summed E-state index contributed by atoms with van der Waals surface area (Å²) in [5, 5.41) is 3.60. The van der Waals surface area contributed by atoms with Gasteiger partial charge in [0.1, 0.15) is 11.3 Å². The third-order valence-electron chi connectivity index (χ3n) is 2.86. The highest BCUT2D eigenvalue weighted by Crippen LogP contribution is 2.15. The van der Waals surface area contributed by atoms with E-state index >= 15 is 0 Å². The number of fused-ring (bicyclic) bond motifs is 1. The van der Waals surface area contributed by atoms with Gasteiger partial charge in [-0.3, -0.25) is 0 Å². The summed E-state index contributed by atoms with van der Waals surface area (Å²) < 4.78 is 7.06. The molecule has 3 aromatic heterocycles. The predicted molar refractivity (Wildman–Crippen MR) is 70.0 cm³/mol. The fourth-order valence-electron chi connectivity index (χ4n) is 2.03. The van der Waals surface area contributed by atoms with Gasteiger partial charge in [0, 0.05) is 31.5 Å². The first-order chi connectivity index (χ1) is 9.38. The second kappa shape index (κ2) is 5.36. The first kappa shape index (κ1) is 12.1. The first-order valence-corrected chi connectivity index (χ1v) is 6.53. The number of rotatable bonds is 5. The van der Waals surface area contributed by atoms with Crippen molar-refractivity contribution in [2.45, 2.75) is 19.4 Å². The molecule has 3 heterocycles. The van der Waals surface area contributed by atoms with Crippen LogP contribution in [0.3, 0.4) is 0 Å². The zero-order valence-electron chi connectivity index (χ0n) is 10.2. The van der Waals surface area contributed by atoms with E-state index in [1.807, 2.05) is 12.1 Å². The predicted octanol–water partition coefficient (Wildman–Crippen LogP) is 1.84. The van der Waals surface area contributed by atoms with Gasteiger partial charge in [0.2, 0.25) is 5.89 Å². The van der Waals surface area contributed by atoms with Crippen molar-refractivity contribution >= 4 is 22.8 Å². The number of hydrogen-bond acceptors (Lipinski definition) is 5. The minimum Gasteiger partial charge on any atom is -0.340 e. The molecule has 98 valence electrons. The van der Waals surface area contributed by atoms with Gasteiger partial charge in [-0.1, -0.05) is 5.16 Å². The summed E-state index contributed by atoms with van der Waals surface area (Å²) in [6.07, 6.45) is 4.52. The second-order valence-corrected chi connectivity index (χ2v) is 4.43. The van der Waals surface area contributed by atoms with Crippen molar-refractivity contribution in [1.29, 1.82) is 0 Å². The molecule has 0 fully saturated rings. The molecular formula is C12H12ClN5O. The van der Waals surface area contributed by atoms with Crippen LogP contribution < -0.4 is 0 Å². The van der Waals surface area contributed by atoms with E-state index in [0.29, 0.717) is 31.2 Å². The molecule has 0 saturated carbocycles. The summed E-state index contributed by atoms with van der Waals surface area (Å²) >= 11 is 5.82. The van der Waals surface area contributed by atoms with Gasteiger partial charge < -0.3 is 9.09 Å². The van der Waals surface area contributed by atoms with Crippen LogP contribution in [0, 0.1) is 0 Å². The van der Waals surface area contributed by atoms with E-state index in [0.717, 1.165) is 17.0 Å². The molecule has 7 heteroatoms. The molecule has 0 amide bonds. The molecule has 6 nitrogen and oxygen atoms in total. The molecule has 3 aromatic rings. The largest absolute Gasteiger partial charge is 0.340 e. The fourth-order valence-corrected chi connectivity index (χ4v) is 2.20. The maximum atomic E-state index is 5.82. The lowest BCUT2D eigenvalue weighted by Gasteiger charge is -2.05. The van der Waals surface area contributed by atoms with Crippen LogP contribution in [0.25, 0.3) is 11.2 Å². The van der Waals surface area contributed by atoms with Crippen LogP contribution in [0.2, 0.25) is 0 Å². The quantitative estimate of drug-likeness (QED) is 0.666. The maximum absolute atomic E-state index is 5.82. The number of imidazole rings is 1. The SMILES string of the molecule is ClCCc1nc2cccnc2n1CCc1ncno1. The van der Waals surface area contributed by atoms with Crippen molar-refractivity contribution in [3.05, 3.63) is 36.4 Å². The number of hydrogen-bond donors (Lipinski definition) is 0. The minimum absolute atomic E-state index is 0.532. The standard InChI is InChI=1S/C12H12ClN5O/c13-5-3-10-17-9-2-1-6-14-12(9)18(10)7-4-11-15-8-16-19-11/h1-2,6,8H,3-5,7H2. The summed E-state index contributed by atoms with van der Waals surface area (Å²) in [5.41, 5.74) is 1.75. The van der Waals surface area contributed by atoms with Crippen LogP contribution in [0.1, 0.15) is 11.7 Å². The number of pyridine rings is 1. The molecule has 0 aliphatic rings. The Bertz CT molecular complexity index is 664. The van der Waals surface area contributed by atoms with E-state index in [2.05, 4.69) is 24.7 Å². The first-order valence-electron chi connectivity index (χ1n) is 6.00. The van der Waals surface area contributed by atoms with Crippen LogP contribution in [0.5, 0.6) is 0 Å². The molecule has 0 aromatic carbocycles. The maximum Gasteiger partial charge on any atom is 0.228 e. The Kier molecular flexibility index (Phi) is 3.41. The molecule has 0 atom stereocenters. The number of nitrogens with zero attached hydrogens (tertiary/aromatic N) is 5. The highest BCUT2D eigenvalue weighted by molar-refractivity contribution is 6.17. The van der Waals surface area contributed by atoms with Crippen LogP contribution in [0.15, 0.2) is 29.2 Å². The molecule has 0 bridgehead atoms. The Morgan fingerprint density at radius 1 is 1.26 bits per heavy atom. The average Bonchev–Trinajstić information content (AvgIpc) is 3.04. The Hall–Kier alpha value is -1.95. The zero-order valence-corrected chi connectivity index (χ0v) is 10.9. The van der Waals surface area contributed by atoms with Gasteiger partial charge in [-0.25, -0.2) is 9.97 Å². The van der Waals surface area contributed by atoms with Crippen LogP contribution in [-0.4, -0.2) is 30.6 Å². The Labute approximate surface area is 114 Å². The van der Waals surface area contributed by atoms with E-state index in [4.69, 9.17) is 16.1 Å². The monoisotopic (exact) mass is 277 g/mol. The molecule has 0 N–H and O–H groups in total. The van der Waals surface area contributed by atoms with Gasteiger partial charge >= 0.3 is 0 Å². The van der Waals surface area contributed by atoms with Crippen molar-refractivity contribution in [3.8, 4) is 0 Å². The molecule has 0 aliphatic carbocycles. The number of halogens is 1. The Balaban J connectivity index is 1.92. The third-order valence-corrected chi connectivity index (χ3v) is 3.05. The van der Waals surface area contributed by atoms with E-state index in [-0.39, 0.29) is 0 Å². The number of aryl methyl sites for hydroxylation is 3. The lowest BCUT2D eigenvalue weighted by molar-refractivity contribution is 0.370. The third kappa shape index (κ3) is 2.44. The van der Waals surface area contributed by atoms with Gasteiger partial charge in [-0.05, 0) is 12.1 Å². The normalized spacial score (nSPS) is 11.2. The molecule has 3 rings (SSSR count). The molecule has 0 radical (unpaired) electrons. The van der Waals surface area contributed by atoms with Gasteiger partial charge in [0.05, 0.1) is 0 Å².